The van der Waals surface area contributed by atoms with Crippen LogP contribution in [0.3, 0.4) is 0 Å². The number of ketones is 1. The number of amides is 1. The van der Waals surface area contributed by atoms with Gasteiger partial charge in [-0.15, -0.1) is 0 Å². The summed E-state index contributed by atoms with van der Waals surface area (Å²) in [6, 6.07) is 0. The molecule has 1 amide bonds. The minimum Gasteiger partial charge on any atom is -0.332 e. The molecular weight excluding hydrogens is 180 g/mol. The average Bonchev–Trinajstić information content (AvgIpc) is 2.08. The van der Waals surface area contributed by atoms with Crippen molar-refractivity contribution in [1.29, 1.82) is 0 Å². The first-order valence-electron chi connectivity index (χ1n) is 3.80. The SMILES string of the molecule is C=CC(=O)N1CCC(=O)C(F)(F)C1. The number of hydrogen-bond donors (Lipinski definition) is 0. The molecule has 0 spiro atoms. The van der Waals surface area contributed by atoms with Gasteiger partial charge in [0.05, 0.1) is 6.54 Å². The van der Waals surface area contributed by atoms with Gasteiger partial charge < -0.3 is 4.90 Å². The number of rotatable bonds is 1. The lowest BCUT2D eigenvalue weighted by molar-refractivity contribution is -0.155. The van der Waals surface area contributed by atoms with Crippen LogP contribution in [0.15, 0.2) is 12.7 Å². The van der Waals surface area contributed by atoms with Crippen molar-refractivity contribution >= 4 is 11.7 Å². The zero-order valence-electron chi connectivity index (χ0n) is 6.93. The van der Waals surface area contributed by atoms with Crippen LogP contribution in [-0.2, 0) is 9.59 Å². The van der Waals surface area contributed by atoms with E-state index in [2.05, 4.69) is 6.58 Å². The number of carbonyl (C=O) groups is 2. The van der Waals surface area contributed by atoms with Crippen molar-refractivity contribution in [1.82, 2.24) is 4.90 Å². The fourth-order valence-electron chi connectivity index (χ4n) is 1.14. The second-order valence-electron chi connectivity index (χ2n) is 2.84. The Kier molecular flexibility index (Phi) is 2.45. The molecule has 1 fully saturated rings. The Balaban J connectivity index is 2.71. The van der Waals surface area contributed by atoms with Gasteiger partial charge in [-0.05, 0) is 6.08 Å². The molecule has 3 nitrogen and oxygen atoms in total. The lowest BCUT2D eigenvalue weighted by Gasteiger charge is -2.30. The molecule has 0 aliphatic carbocycles. The Morgan fingerprint density at radius 2 is 2.23 bits per heavy atom. The highest BCUT2D eigenvalue weighted by Gasteiger charge is 2.44. The molecule has 0 radical (unpaired) electrons. The molecule has 72 valence electrons. The van der Waals surface area contributed by atoms with Crippen LogP contribution in [0.1, 0.15) is 6.42 Å². The van der Waals surface area contributed by atoms with Crippen LogP contribution >= 0.6 is 0 Å². The summed E-state index contributed by atoms with van der Waals surface area (Å²) in [5, 5.41) is 0. The Bertz CT molecular complexity index is 263. The summed E-state index contributed by atoms with van der Waals surface area (Å²) >= 11 is 0. The van der Waals surface area contributed by atoms with Crippen LogP contribution in [0, 0.1) is 0 Å². The number of alkyl halides is 2. The molecule has 0 atom stereocenters. The Morgan fingerprint density at radius 1 is 1.62 bits per heavy atom. The topological polar surface area (TPSA) is 37.4 Å². The largest absolute Gasteiger partial charge is 0.332 e. The van der Waals surface area contributed by atoms with Crippen molar-refractivity contribution in [2.45, 2.75) is 12.3 Å². The van der Waals surface area contributed by atoms with Gasteiger partial charge in [0.1, 0.15) is 0 Å². The van der Waals surface area contributed by atoms with Crippen LogP contribution in [0.4, 0.5) is 8.78 Å². The quantitative estimate of drug-likeness (QED) is 0.567. The molecule has 0 unspecified atom stereocenters. The summed E-state index contributed by atoms with van der Waals surface area (Å²) in [5.74, 6) is -5.05. The molecule has 0 aromatic heterocycles. The minimum absolute atomic E-state index is 0.0548. The number of likely N-dealkylation sites (tertiary alicyclic amines) is 1. The van der Waals surface area contributed by atoms with Crippen molar-refractivity contribution in [2.75, 3.05) is 13.1 Å². The third kappa shape index (κ3) is 1.91. The first-order valence-corrected chi connectivity index (χ1v) is 3.80. The lowest BCUT2D eigenvalue weighted by Crippen LogP contribution is -2.50. The second-order valence-corrected chi connectivity index (χ2v) is 2.84. The molecule has 0 saturated carbocycles. The van der Waals surface area contributed by atoms with Crippen molar-refractivity contribution in [2.24, 2.45) is 0 Å². The number of carbonyl (C=O) groups excluding carboxylic acids is 2. The fraction of sp³-hybridized carbons (Fsp3) is 0.500. The van der Waals surface area contributed by atoms with Gasteiger partial charge in [-0.1, -0.05) is 6.58 Å². The number of hydrogen-bond acceptors (Lipinski definition) is 2. The third-order valence-corrected chi connectivity index (χ3v) is 1.89. The average molecular weight is 189 g/mol. The number of halogens is 2. The maximum absolute atomic E-state index is 12.8. The molecule has 1 saturated heterocycles. The smallest absolute Gasteiger partial charge is 0.322 e. The predicted octanol–water partition coefficient (Wildman–Crippen LogP) is 0.609. The van der Waals surface area contributed by atoms with Crippen LogP contribution in [0.25, 0.3) is 0 Å². The van der Waals surface area contributed by atoms with Crippen LogP contribution in [0.2, 0.25) is 0 Å². The zero-order valence-corrected chi connectivity index (χ0v) is 6.93. The molecule has 0 aromatic carbocycles. The summed E-state index contributed by atoms with van der Waals surface area (Å²) < 4.78 is 25.5. The molecule has 1 heterocycles. The molecule has 13 heavy (non-hydrogen) atoms. The van der Waals surface area contributed by atoms with Gasteiger partial charge in [-0.3, -0.25) is 9.59 Å². The molecular formula is C8H9F2NO2. The van der Waals surface area contributed by atoms with Crippen LogP contribution in [0.5, 0.6) is 0 Å². The molecule has 1 aliphatic heterocycles. The van der Waals surface area contributed by atoms with Gasteiger partial charge >= 0.3 is 5.92 Å². The van der Waals surface area contributed by atoms with E-state index >= 15 is 0 Å². The summed E-state index contributed by atoms with van der Waals surface area (Å²) in [6.07, 6.45) is 0.679. The highest BCUT2D eigenvalue weighted by atomic mass is 19.3. The summed E-state index contributed by atoms with van der Waals surface area (Å²) in [6.45, 7) is 2.41. The van der Waals surface area contributed by atoms with E-state index in [0.29, 0.717) is 0 Å². The van der Waals surface area contributed by atoms with Gasteiger partial charge in [0.15, 0.2) is 0 Å². The molecule has 1 rings (SSSR count). The number of nitrogens with zero attached hydrogens (tertiary/aromatic N) is 1. The predicted molar refractivity (Wildman–Crippen MR) is 41.3 cm³/mol. The van der Waals surface area contributed by atoms with Gasteiger partial charge in [0.2, 0.25) is 11.7 Å². The normalized spacial score (nSPS) is 21.4. The fourth-order valence-corrected chi connectivity index (χ4v) is 1.14. The van der Waals surface area contributed by atoms with Crippen molar-refractivity contribution < 1.29 is 18.4 Å². The maximum atomic E-state index is 12.8. The Labute approximate surface area is 74.0 Å². The maximum Gasteiger partial charge on any atom is 0.322 e. The Morgan fingerprint density at radius 3 is 2.69 bits per heavy atom. The molecule has 0 aromatic rings. The van der Waals surface area contributed by atoms with E-state index in [9.17, 15) is 18.4 Å². The monoisotopic (exact) mass is 189 g/mol. The van der Waals surface area contributed by atoms with Gasteiger partial charge in [-0.25, -0.2) is 0 Å². The van der Waals surface area contributed by atoms with Crippen LogP contribution in [-0.4, -0.2) is 35.6 Å². The van der Waals surface area contributed by atoms with E-state index < -0.39 is 24.2 Å². The van der Waals surface area contributed by atoms with Crippen LogP contribution < -0.4 is 0 Å². The number of piperidine rings is 1. The first-order chi connectivity index (χ1) is 5.97. The van der Waals surface area contributed by atoms with E-state index in [1.807, 2.05) is 0 Å². The zero-order chi connectivity index (χ0) is 10.1. The summed E-state index contributed by atoms with van der Waals surface area (Å²) in [7, 11) is 0. The number of Topliss-reactive ketones (excluding diaryl/α,β-unsaturated/α-hetero) is 1. The van der Waals surface area contributed by atoms with Gasteiger partial charge in [-0.2, -0.15) is 8.78 Å². The van der Waals surface area contributed by atoms with E-state index in [-0.39, 0.29) is 13.0 Å². The van der Waals surface area contributed by atoms with Crippen molar-refractivity contribution in [3.05, 3.63) is 12.7 Å². The summed E-state index contributed by atoms with van der Waals surface area (Å²) in [5.41, 5.74) is 0. The highest BCUT2D eigenvalue weighted by molar-refractivity contribution is 5.92. The summed E-state index contributed by atoms with van der Waals surface area (Å²) in [4.78, 5) is 22.5. The van der Waals surface area contributed by atoms with Gasteiger partial charge in [0, 0.05) is 13.0 Å². The Hall–Kier alpha value is -1.26. The first kappa shape index (κ1) is 9.83. The lowest BCUT2D eigenvalue weighted by atomic mass is 10.1. The third-order valence-electron chi connectivity index (χ3n) is 1.89. The molecule has 0 N–H and O–H groups in total. The standard InChI is InChI=1S/C8H9F2NO2/c1-2-7(13)11-4-3-6(12)8(9,10)5-11/h2H,1,3-5H2. The second kappa shape index (κ2) is 3.24. The van der Waals surface area contributed by atoms with E-state index in [1.165, 1.54) is 0 Å². The van der Waals surface area contributed by atoms with Crippen molar-refractivity contribution in [3.63, 3.8) is 0 Å². The van der Waals surface area contributed by atoms with Crippen molar-refractivity contribution in [3.8, 4) is 0 Å². The molecule has 0 bridgehead atoms. The molecule has 5 heteroatoms. The molecule has 1 aliphatic rings. The highest BCUT2D eigenvalue weighted by Crippen LogP contribution is 2.23. The van der Waals surface area contributed by atoms with Gasteiger partial charge in [0.25, 0.3) is 0 Å². The van der Waals surface area contributed by atoms with E-state index in [0.717, 1.165) is 11.0 Å². The van der Waals surface area contributed by atoms with E-state index in [4.69, 9.17) is 0 Å². The van der Waals surface area contributed by atoms with E-state index in [1.54, 1.807) is 0 Å². The minimum atomic E-state index is -3.39.